The number of imidazole rings is 1. The first-order valence-electron chi connectivity index (χ1n) is 5.15. The fourth-order valence-electron chi connectivity index (χ4n) is 1.64. The summed E-state index contributed by atoms with van der Waals surface area (Å²) in [5, 5.41) is 0. The number of hydrogen-bond acceptors (Lipinski definition) is 2. The van der Waals surface area contributed by atoms with Crippen LogP contribution >= 0.6 is 12.2 Å². The molecule has 0 aliphatic carbocycles. The molecule has 0 saturated heterocycles. The third kappa shape index (κ3) is 3.28. The van der Waals surface area contributed by atoms with Crippen molar-refractivity contribution in [3.63, 3.8) is 0 Å². The highest BCUT2D eigenvalue weighted by atomic mass is 32.2. The largest absolute Gasteiger partial charge is 0.337 e. The van der Waals surface area contributed by atoms with Crippen molar-refractivity contribution in [1.29, 1.82) is 0 Å². The Morgan fingerprint density at radius 1 is 1.67 bits per heavy atom. The van der Waals surface area contributed by atoms with Crippen molar-refractivity contribution in [1.82, 2.24) is 9.55 Å². The molecule has 2 atom stereocenters. The maximum atomic E-state index is 11.0. The standard InChI is InChI=1S/C10H18N2OS2/c1-4-9-7-11-10(14)12(9)8(2)5-6-15(3)13/h7-8H,4-6H2,1-3H3,(H,11,14). The summed E-state index contributed by atoms with van der Waals surface area (Å²) in [5.41, 5.74) is 1.22. The van der Waals surface area contributed by atoms with Crippen LogP contribution in [0.15, 0.2) is 6.20 Å². The SMILES string of the molecule is CCc1c[nH]c(=S)n1C(C)CCS(C)=O. The van der Waals surface area contributed by atoms with Crippen LogP contribution < -0.4 is 0 Å². The number of aromatic nitrogens is 2. The molecule has 1 N–H and O–H groups in total. The van der Waals surface area contributed by atoms with Crippen molar-refractivity contribution in [2.24, 2.45) is 0 Å². The molecule has 0 aromatic carbocycles. The average Bonchev–Trinajstić information content (AvgIpc) is 2.56. The van der Waals surface area contributed by atoms with E-state index in [1.54, 1.807) is 6.26 Å². The molecule has 1 aromatic heterocycles. The van der Waals surface area contributed by atoms with E-state index in [1.807, 2.05) is 6.20 Å². The van der Waals surface area contributed by atoms with E-state index in [0.717, 1.165) is 23.4 Å². The van der Waals surface area contributed by atoms with E-state index < -0.39 is 10.8 Å². The van der Waals surface area contributed by atoms with Crippen molar-refractivity contribution < 1.29 is 4.21 Å². The van der Waals surface area contributed by atoms with E-state index in [0.29, 0.717) is 6.04 Å². The van der Waals surface area contributed by atoms with Crippen LogP contribution in [0.1, 0.15) is 32.0 Å². The Hall–Kier alpha value is -0.420. The minimum absolute atomic E-state index is 0.322. The summed E-state index contributed by atoms with van der Waals surface area (Å²) < 4.78 is 13.9. The molecule has 0 amide bonds. The van der Waals surface area contributed by atoms with Gasteiger partial charge in [-0.3, -0.25) is 4.21 Å². The summed E-state index contributed by atoms with van der Waals surface area (Å²) in [4.78, 5) is 3.06. The fourth-order valence-corrected chi connectivity index (χ4v) is 2.66. The minimum Gasteiger partial charge on any atom is -0.337 e. The number of aryl methyl sites for hydroxylation is 1. The lowest BCUT2D eigenvalue weighted by Crippen LogP contribution is -2.11. The average molecular weight is 246 g/mol. The molecule has 0 spiro atoms. The number of rotatable bonds is 5. The van der Waals surface area contributed by atoms with Gasteiger partial charge < -0.3 is 9.55 Å². The molecule has 3 nitrogen and oxygen atoms in total. The summed E-state index contributed by atoms with van der Waals surface area (Å²) in [6.07, 6.45) is 5.57. The van der Waals surface area contributed by atoms with Crippen LogP contribution in [-0.4, -0.2) is 25.8 Å². The Morgan fingerprint density at radius 3 is 2.87 bits per heavy atom. The predicted octanol–water partition coefficient (Wildman–Crippen LogP) is 2.44. The van der Waals surface area contributed by atoms with Gasteiger partial charge in [0.05, 0.1) is 0 Å². The van der Waals surface area contributed by atoms with Crippen LogP contribution in [0.2, 0.25) is 0 Å². The third-order valence-corrected chi connectivity index (χ3v) is 3.64. The summed E-state index contributed by atoms with van der Waals surface area (Å²) in [6, 6.07) is 0.322. The van der Waals surface area contributed by atoms with Crippen molar-refractivity contribution in [3.8, 4) is 0 Å². The highest BCUT2D eigenvalue weighted by Crippen LogP contribution is 2.15. The van der Waals surface area contributed by atoms with E-state index in [1.165, 1.54) is 5.69 Å². The van der Waals surface area contributed by atoms with E-state index in [2.05, 4.69) is 23.4 Å². The molecule has 15 heavy (non-hydrogen) atoms. The molecular formula is C10H18N2OS2. The quantitative estimate of drug-likeness (QED) is 0.810. The molecule has 0 radical (unpaired) electrons. The van der Waals surface area contributed by atoms with Crippen molar-refractivity contribution in [2.75, 3.05) is 12.0 Å². The topological polar surface area (TPSA) is 37.8 Å². The van der Waals surface area contributed by atoms with Crippen LogP contribution in [0.3, 0.4) is 0 Å². The first-order chi connectivity index (χ1) is 7.06. The molecule has 0 bridgehead atoms. The highest BCUT2D eigenvalue weighted by Gasteiger charge is 2.10. The zero-order valence-corrected chi connectivity index (χ0v) is 11.1. The first kappa shape index (κ1) is 12.6. The van der Waals surface area contributed by atoms with Gasteiger partial charge >= 0.3 is 0 Å². The summed E-state index contributed by atoms with van der Waals surface area (Å²) in [7, 11) is -0.720. The summed E-state index contributed by atoms with van der Waals surface area (Å²) in [6.45, 7) is 4.23. The number of H-pyrrole nitrogens is 1. The summed E-state index contributed by atoms with van der Waals surface area (Å²) >= 11 is 5.23. The number of nitrogens with one attached hydrogen (secondary N) is 1. The monoisotopic (exact) mass is 246 g/mol. The Kier molecular flexibility index (Phi) is 4.73. The van der Waals surface area contributed by atoms with Crippen molar-refractivity contribution >= 4 is 23.0 Å². The lowest BCUT2D eigenvalue weighted by Gasteiger charge is -2.15. The number of hydrogen-bond donors (Lipinski definition) is 1. The van der Waals surface area contributed by atoms with E-state index in [-0.39, 0.29) is 0 Å². The van der Waals surface area contributed by atoms with E-state index in [4.69, 9.17) is 12.2 Å². The van der Waals surface area contributed by atoms with Gasteiger partial charge in [0.2, 0.25) is 0 Å². The zero-order valence-electron chi connectivity index (χ0n) is 9.45. The molecule has 86 valence electrons. The molecule has 1 rings (SSSR count). The van der Waals surface area contributed by atoms with Gasteiger partial charge in [0.1, 0.15) is 0 Å². The second-order valence-electron chi connectivity index (χ2n) is 3.72. The first-order valence-corrected chi connectivity index (χ1v) is 7.28. The normalized spacial score (nSPS) is 15.1. The smallest absolute Gasteiger partial charge is 0.177 e. The molecule has 0 saturated carbocycles. The molecule has 0 aliphatic rings. The lowest BCUT2D eigenvalue weighted by molar-refractivity contribution is 0.509. The second kappa shape index (κ2) is 5.61. The lowest BCUT2D eigenvalue weighted by atomic mass is 10.2. The Labute approximate surface area is 98.4 Å². The minimum atomic E-state index is -0.720. The number of aromatic amines is 1. The van der Waals surface area contributed by atoms with Gasteiger partial charge in [0, 0.05) is 40.7 Å². The molecule has 5 heteroatoms. The Balaban J connectivity index is 2.80. The van der Waals surface area contributed by atoms with Gasteiger partial charge in [-0.1, -0.05) is 6.92 Å². The molecule has 0 aliphatic heterocycles. The Morgan fingerprint density at radius 2 is 2.33 bits per heavy atom. The Bertz CT molecular complexity index is 394. The van der Waals surface area contributed by atoms with Gasteiger partial charge in [-0.15, -0.1) is 0 Å². The molecular weight excluding hydrogens is 228 g/mol. The second-order valence-corrected chi connectivity index (χ2v) is 5.67. The van der Waals surface area contributed by atoms with Gasteiger partial charge in [-0.25, -0.2) is 0 Å². The maximum Gasteiger partial charge on any atom is 0.177 e. The number of nitrogens with zero attached hydrogens (tertiary/aromatic N) is 1. The van der Waals surface area contributed by atoms with Crippen LogP contribution in [0.4, 0.5) is 0 Å². The van der Waals surface area contributed by atoms with E-state index >= 15 is 0 Å². The highest BCUT2D eigenvalue weighted by molar-refractivity contribution is 7.84. The van der Waals surface area contributed by atoms with Crippen molar-refractivity contribution in [2.45, 2.75) is 32.7 Å². The fraction of sp³-hybridized carbons (Fsp3) is 0.700. The van der Waals surface area contributed by atoms with Gasteiger partial charge in [0.25, 0.3) is 0 Å². The molecule has 2 unspecified atom stereocenters. The van der Waals surface area contributed by atoms with Crippen LogP contribution in [-0.2, 0) is 17.2 Å². The van der Waals surface area contributed by atoms with Gasteiger partial charge in [-0.05, 0) is 32.0 Å². The molecule has 1 heterocycles. The molecule has 0 fully saturated rings. The maximum absolute atomic E-state index is 11.0. The van der Waals surface area contributed by atoms with E-state index in [9.17, 15) is 4.21 Å². The van der Waals surface area contributed by atoms with Crippen LogP contribution in [0.5, 0.6) is 0 Å². The van der Waals surface area contributed by atoms with Crippen LogP contribution in [0.25, 0.3) is 0 Å². The summed E-state index contributed by atoms with van der Waals surface area (Å²) in [5.74, 6) is 0.733. The third-order valence-electron chi connectivity index (χ3n) is 2.52. The van der Waals surface area contributed by atoms with Gasteiger partial charge in [0.15, 0.2) is 4.77 Å². The van der Waals surface area contributed by atoms with Crippen LogP contribution in [0, 0.1) is 4.77 Å². The van der Waals surface area contributed by atoms with Crippen molar-refractivity contribution in [3.05, 3.63) is 16.7 Å². The molecule has 1 aromatic rings. The predicted molar refractivity (Wildman–Crippen MR) is 67.3 cm³/mol. The zero-order chi connectivity index (χ0) is 11.4. The van der Waals surface area contributed by atoms with Gasteiger partial charge in [-0.2, -0.15) is 0 Å².